The van der Waals surface area contributed by atoms with Gasteiger partial charge in [-0.25, -0.2) is 9.82 Å². The van der Waals surface area contributed by atoms with Crippen molar-refractivity contribution >= 4 is 10.8 Å². The molecule has 1 aromatic heterocycles. The number of nitrogens with two attached hydrogens (primary N) is 1. The van der Waals surface area contributed by atoms with Gasteiger partial charge in [0, 0.05) is 11.6 Å². The maximum absolute atomic E-state index is 13.0. The second-order valence-corrected chi connectivity index (χ2v) is 4.57. The summed E-state index contributed by atoms with van der Waals surface area (Å²) in [6.07, 6.45) is 1.76. The lowest BCUT2D eigenvalue weighted by Gasteiger charge is -2.17. The zero-order valence-electron chi connectivity index (χ0n) is 10.8. The third-order valence-electron chi connectivity index (χ3n) is 3.35. The average Bonchev–Trinajstić information content (AvgIpc) is 2.50. The molecule has 0 fully saturated rings. The van der Waals surface area contributed by atoms with Crippen molar-refractivity contribution in [3.8, 4) is 0 Å². The van der Waals surface area contributed by atoms with Gasteiger partial charge in [0.2, 0.25) is 0 Å². The summed E-state index contributed by atoms with van der Waals surface area (Å²) in [4.78, 5) is 4.44. The Morgan fingerprint density at radius 1 is 1.00 bits per heavy atom. The second kappa shape index (κ2) is 5.36. The van der Waals surface area contributed by atoms with Gasteiger partial charge in [-0.1, -0.05) is 36.4 Å². The Morgan fingerprint density at radius 3 is 2.50 bits per heavy atom. The lowest BCUT2D eigenvalue weighted by atomic mass is 9.99. The molecular weight excluding hydrogens is 253 g/mol. The fourth-order valence-electron chi connectivity index (χ4n) is 2.36. The Labute approximate surface area is 116 Å². The molecule has 1 unspecified atom stereocenters. The number of pyridine rings is 1. The van der Waals surface area contributed by atoms with Gasteiger partial charge >= 0.3 is 0 Å². The maximum Gasteiger partial charge on any atom is 0.123 e. The van der Waals surface area contributed by atoms with Gasteiger partial charge in [0.05, 0.1) is 11.7 Å². The van der Waals surface area contributed by atoms with Crippen molar-refractivity contribution in [2.45, 2.75) is 6.04 Å². The number of fused-ring (bicyclic) bond motifs is 1. The molecule has 3 nitrogen and oxygen atoms in total. The molecule has 3 rings (SSSR count). The van der Waals surface area contributed by atoms with Gasteiger partial charge in [-0.15, -0.1) is 0 Å². The first-order chi connectivity index (χ1) is 9.79. The summed E-state index contributed by atoms with van der Waals surface area (Å²) >= 11 is 0. The van der Waals surface area contributed by atoms with E-state index in [0.29, 0.717) is 0 Å². The topological polar surface area (TPSA) is 50.9 Å². The molecule has 20 heavy (non-hydrogen) atoms. The smallest absolute Gasteiger partial charge is 0.123 e. The number of hydrazine groups is 1. The van der Waals surface area contributed by atoms with Crippen LogP contribution in [0.15, 0.2) is 60.8 Å². The number of nitrogens with zero attached hydrogens (tertiary/aromatic N) is 1. The molecule has 1 heterocycles. The van der Waals surface area contributed by atoms with E-state index < -0.39 is 0 Å². The molecule has 3 aromatic rings. The third-order valence-corrected chi connectivity index (χ3v) is 3.35. The highest BCUT2D eigenvalue weighted by atomic mass is 19.1. The Hall–Kier alpha value is -2.30. The number of hydrogen-bond acceptors (Lipinski definition) is 3. The number of rotatable bonds is 3. The van der Waals surface area contributed by atoms with Crippen molar-refractivity contribution in [3.05, 3.63) is 77.9 Å². The van der Waals surface area contributed by atoms with E-state index in [1.54, 1.807) is 18.3 Å². The molecule has 0 amide bonds. The highest BCUT2D eigenvalue weighted by Gasteiger charge is 2.16. The van der Waals surface area contributed by atoms with Crippen LogP contribution < -0.4 is 11.3 Å². The lowest BCUT2D eigenvalue weighted by Crippen LogP contribution is -2.29. The van der Waals surface area contributed by atoms with Crippen LogP contribution in [0, 0.1) is 5.82 Å². The van der Waals surface area contributed by atoms with Crippen LogP contribution in [0.3, 0.4) is 0 Å². The average molecular weight is 267 g/mol. The predicted octanol–water partition coefficient (Wildman–Crippen LogP) is 2.93. The summed E-state index contributed by atoms with van der Waals surface area (Å²) in [5, 5.41) is 2.13. The summed E-state index contributed by atoms with van der Waals surface area (Å²) in [5.74, 6) is 5.41. The molecule has 0 spiro atoms. The number of aromatic nitrogens is 1. The van der Waals surface area contributed by atoms with E-state index in [0.717, 1.165) is 22.0 Å². The Kier molecular flexibility index (Phi) is 3.41. The molecule has 4 heteroatoms. The summed E-state index contributed by atoms with van der Waals surface area (Å²) in [7, 11) is 0. The normalized spacial score (nSPS) is 12.5. The molecule has 1 atom stereocenters. The van der Waals surface area contributed by atoms with Crippen LogP contribution in [-0.2, 0) is 0 Å². The minimum atomic E-state index is -0.276. The van der Waals surface area contributed by atoms with E-state index in [1.165, 1.54) is 12.1 Å². The van der Waals surface area contributed by atoms with Crippen LogP contribution in [0.4, 0.5) is 4.39 Å². The van der Waals surface area contributed by atoms with Gasteiger partial charge in [-0.2, -0.15) is 0 Å². The van der Waals surface area contributed by atoms with Crippen molar-refractivity contribution in [1.29, 1.82) is 0 Å². The quantitative estimate of drug-likeness (QED) is 0.566. The first-order valence-electron chi connectivity index (χ1n) is 6.35. The van der Waals surface area contributed by atoms with Crippen molar-refractivity contribution < 1.29 is 4.39 Å². The van der Waals surface area contributed by atoms with Gasteiger partial charge in [-0.3, -0.25) is 10.8 Å². The molecule has 0 saturated carbocycles. The summed E-state index contributed by atoms with van der Waals surface area (Å²) in [5.41, 5.74) is 4.46. The van der Waals surface area contributed by atoms with Gasteiger partial charge in [-0.05, 0) is 29.1 Å². The summed E-state index contributed by atoms with van der Waals surface area (Å²) in [6.45, 7) is 0. The lowest BCUT2D eigenvalue weighted by molar-refractivity contribution is 0.611. The molecule has 0 saturated heterocycles. The maximum atomic E-state index is 13.0. The minimum Gasteiger partial charge on any atom is -0.271 e. The van der Waals surface area contributed by atoms with Crippen LogP contribution in [0.25, 0.3) is 10.8 Å². The first-order valence-corrected chi connectivity index (χ1v) is 6.35. The Morgan fingerprint density at radius 2 is 1.75 bits per heavy atom. The van der Waals surface area contributed by atoms with Crippen molar-refractivity contribution in [2.75, 3.05) is 0 Å². The van der Waals surface area contributed by atoms with Crippen LogP contribution in [0.5, 0.6) is 0 Å². The van der Waals surface area contributed by atoms with E-state index >= 15 is 0 Å². The standard InChI is InChI=1S/C16H14FN3/c17-13-7-5-12(6-8-13)15(20-18)16-14-4-2-1-3-11(14)9-10-19-16/h1-10,15,20H,18H2. The largest absolute Gasteiger partial charge is 0.271 e. The van der Waals surface area contributed by atoms with Gasteiger partial charge < -0.3 is 0 Å². The monoisotopic (exact) mass is 267 g/mol. The Bertz CT molecular complexity index is 720. The number of halogens is 1. The molecule has 3 N–H and O–H groups in total. The van der Waals surface area contributed by atoms with E-state index in [-0.39, 0.29) is 11.9 Å². The van der Waals surface area contributed by atoms with Crippen LogP contribution >= 0.6 is 0 Å². The molecule has 0 radical (unpaired) electrons. The predicted molar refractivity (Wildman–Crippen MR) is 77.3 cm³/mol. The van der Waals surface area contributed by atoms with E-state index in [9.17, 15) is 4.39 Å². The van der Waals surface area contributed by atoms with Gasteiger partial charge in [0.25, 0.3) is 0 Å². The first kappa shape index (κ1) is 12.7. The zero-order valence-corrected chi connectivity index (χ0v) is 10.8. The summed E-state index contributed by atoms with van der Waals surface area (Å²) < 4.78 is 13.0. The molecule has 2 aromatic carbocycles. The number of benzene rings is 2. The van der Waals surface area contributed by atoms with E-state index in [1.807, 2.05) is 30.3 Å². The molecule has 0 bridgehead atoms. The van der Waals surface area contributed by atoms with Crippen LogP contribution in [0.2, 0.25) is 0 Å². The number of hydrogen-bond donors (Lipinski definition) is 2. The molecular formula is C16H14FN3. The highest BCUT2D eigenvalue weighted by molar-refractivity contribution is 5.85. The van der Waals surface area contributed by atoms with E-state index in [4.69, 9.17) is 5.84 Å². The summed E-state index contributed by atoms with van der Waals surface area (Å²) in [6, 6.07) is 15.9. The van der Waals surface area contributed by atoms with Crippen molar-refractivity contribution in [3.63, 3.8) is 0 Å². The van der Waals surface area contributed by atoms with Gasteiger partial charge in [0.1, 0.15) is 5.82 Å². The Balaban J connectivity index is 2.14. The minimum absolute atomic E-state index is 0.268. The van der Waals surface area contributed by atoms with Crippen LogP contribution in [-0.4, -0.2) is 4.98 Å². The SMILES string of the molecule is NNC(c1ccc(F)cc1)c1nccc2ccccc12. The highest BCUT2D eigenvalue weighted by Crippen LogP contribution is 2.26. The fourth-order valence-corrected chi connectivity index (χ4v) is 2.36. The molecule has 0 aliphatic rings. The van der Waals surface area contributed by atoms with E-state index in [2.05, 4.69) is 10.4 Å². The third kappa shape index (κ3) is 2.27. The molecule has 100 valence electrons. The van der Waals surface area contributed by atoms with Crippen LogP contribution in [0.1, 0.15) is 17.3 Å². The fraction of sp³-hybridized carbons (Fsp3) is 0.0625. The van der Waals surface area contributed by atoms with Gasteiger partial charge in [0.15, 0.2) is 0 Å². The number of nitrogens with one attached hydrogen (secondary N) is 1. The molecule has 0 aliphatic carbocycles. The molecule has 0 aliphatic heterocycles. The zero-order chi connectivity index (χ0) is 13.9. The second-order valence-electron chi connectivity index (χ2n) is 4.57. The van der Waals surface area contributed by atoms with Crippen molar-refractivity contribution in [1.82, 2.24) is 10.4 Å². The van der Waals surface area contributed by atoms with Crippen molar-refractivity contribution in [2.24, 2.45) is 5.84 Å².